The molecule has 0 saturated carbocycles. The van der Waals surface area contributed by atoms with Gasteiger partial charge in [-0.15, -0.1) is 0 Å². The first-order chi connectivity index (χ1) is 19.9. The minimum atomic E-state index is 0.0161. The highest BCUT2D eigenvalue weighted by Gasteiger charge is 2.41. The van der Waals surface area contributed by atoms with E-state index in [9.17, 15) is 0 Å². The van der Waals surface area contributed by atoms with Crippen molar-refractivity contribution in [1.82, 2.24) is 4.57 Å². The number of rotatable bonds is 2. The van der Waals surface area contributed by atoms with Crippen molar-refractivity contribution in [3.8, 4) is 16.8 Å². The van der Waals surface area contributed by atoms with Crippen molar-refractivity contribution in [2.75, 3.05) is 4.81 Å². The van der Waals surface area contributed by atoms with Gasteiger partial charge in [0.1, 0.15) is 0 Å². The number of nitrogens with zero attached hydrogens (tertiary/aromatic N) is 2. The van der Waals surface area contributed by atoms with Crippen molar-refractivity contribution in [3.05, 3.63) is 140 Å². The standard InChI is InChI=1S/C36H23BN2S/c1-2-12-24(13-3-1)25-15-11-23-34-36(25)39(32-21-8-9-22-33(32)40-34)37-28-17-5-7-20-31(28)38-30-19-6-4-14-26(30)27-16-10-18-29(37)35(27)38/h1-23H. The van der Waals surface area contributed by atoms with E-state index in [-0.39, 0.29) is 6.85 Å². The van der Waals surface area contributed by atoms with Crippen molar-refractivity contribution in [3.63, 3.8) is 0 Å². The van der Waals surface area contributed by atoms with Gasteiger partial charge < -0.3 is 9.38 Å². The summed E-state index contributed by atoms with van der Waals surface area (Å²) in [4.78, 5) is 5.20. The lowest BCUT2D eigenvalue weighted by Gasteiger charge is -2.41. The molecule has 3 heterocycles. The Morgan fingerprint density at radius 3 is 2.10 bits per heavy atom. The molecule has 1 aromatic heterocycles. The second-order valence-corrected chi connectivity index (χ2v) is 11.6. The molecule has 0 bridgehead atoms. The zero-order valence-corrected chi connectivity index (χ0v) is 22.5. The van der Waals surface area contributed by atoms with Gasteiger partial charge in [-0.25, -0.2) is 0 Å². The lowest BCUT2D eigenvalue weighted by atomic mass is 9.46. The van der Waals surface area contributed by atoms with Crippen molar-refractivity contribution in [2.45, 2.75) is 9.79 Å². The first-order valence-electron chi connectivity index (χ1n) is 13.7. The molecule has 4 heteroatoms. The van der Waals surface area contributed by atoms with E-state index >= 15 is 0 Å². The highest BCUT2D eigenvalue weighted by atomic mass is 32.2. The van der Waals surface area contributed by atoms with Crippen LogP contribution in [0.25, 0.3) is 38.6 Å². The summed E-state index contributed by atoms with van der Waals surface area (Å²) >= 11 is 1.88. The van der Waals surface area contributed by atoms with Crippen LogP contribution in [0.1, 0.15) is 0 Å². The van der Waals surface area contributed by atoms with Crippen molar-refractivity contribution in [1.29, 1.82) is 0 Å². The third-order valence-corrected chi connectivity index (χ3v) is 9.53. The Hall–Kier alpha value is -4.67. The summed E-state index contributed by atoms with van der Waals surface area (Å²) in [5.41, 5.74) is 11.5. The minimum Gasteiger partial charge on any atom is -0.375 e. The van der Waals surface area contributed by atoms with Gasteiger partial charge in [-0.05, 0) is 46.8 Å². The second kappa shape index (κ2) is 8.42. The van der Waals surface area contributed by atoms with Crippen LogP contribution in [0, 0.1) is 0 Å². The predicted molar refractivity (Wildman–Crippen MR) is 170 cm³/mol. The molecule has 6 aromatic carbocycles. The second-order valence-electron chi connectivity index (χ2n) is 10.5. The average molecular weight is 526 g/mol. The van der Waals surface area contributed by atoms with Gasteiger partial charge in [0.05, 0.1) is 16.7 Å². The maximum atomic E-state index is 2.62. The van der Waals surface area contributed by atoms with Crippen LogP contribution in [0.15, 0.2) is 149 Å². The number of hydrogen-bond acceptors (Lipinski definition) is 2. The van der Waals surface area contributed by atoms with Crippen LogP contribution in [-0.4, -0.2) is 11.4 Å². The van der Waals surface area contributed by atoms with E-state index in [2.05, 4.69) is 149 Å². The Balaban J connectivity index is 1.42. The SMILES string of the molecule is c1ccc(-c2cccc3c2N(B2c4ccccc4-n4c5ccccc5c5cccc2c54)c2ccccc2S3)cc1. The van der Waals surface area contributed by atoms with Crippen LogP contribution in [0.2, 0.25) is 0 Å². The van der Waals surface area contributed by atoms with Gasteiger partial charge in [-0.1, -0.05) is 121 Å². The topological polar surface area (TPSA) is 8.17 Å². The average Bonchev–Trinajstić information content (AvgIpc) is 3.36. The maximum Gasteiger partial charge on any atom is 0.332 e. The van der Waals surface area contributed by atoms with E-state index in [1.54, 1.807) is 0 Å². The smallest absolute Gasteiger partial charge is 0.332 e. The van der Waals surface area contributed by atoms with Crippen molar-refractivity contribution >= 4 is 62.7 Å². The largest absolute Gasteiger partial charge is 0.375 e. The van der Waals surface area contributed by atoms with E-state index in [4.69, 9.17) is 0 Å². The first kappa shape index (κ1) is 22.2. The molecule has 0 N–H and O–H groups in total. The first-order valence-corrected chi connectivity index (χ1v) is 14.6. The fourth-order valence-electron chi connectivity index (χ4n) is 6.84. The molecule has 40 heavy (non-hydrogen) atoms. The Kier molecular flexibility index (Phi) is 4.67. The highest BCUT2D eigenvalue weighted by Crippen LogP contribution is 2.52. The zero-order valence-electron chi connectivity index (χ0n) is 21.7. The van der Waals surface area contributed by atoms with Crippen LogP contribution in [0.5, 0.6) is 0 Å². The van der Waals surface area contributed by atoms with E-state index in [0.717, 1.165) is 0 Å². The summed E-state index contributed by atoms with van der Waals surface area (Å²) in [5, 5.41) is 2.61. The molecule has 0 saturated heterocycles. The van der Waals surface area contributed by atoms with Crippen molar-refractivity contribution < 1.29 is 0 Å². The maximum absolute atomic E-state index is 2.62. The number of benzene rings is 6. The van der Waals surface area contributed by atoms with Gasteiger partial charge >= 0.3 is 6.85 Å². The summed E-state index contributed by atoms with van der Waals surface area (Å²) in [5.74, 6) is 0. The molecule has 7 aromatic rings. The fourth-order valence-corrected chi connectivity index (χ4v) is 7.94. The molecule has 0 aliphatic carbocycles. The van der Waals surface area contributed by atoms with Gasteiger partial charge in [0.25, 0.3) is 0 Å². The molecule has 0 unspecified atom stereocenters. The van der Waals surface area contributed by atoms with E-state index in [1.807, 2.05) is 11.8 Å². The number of hydrogen-bond donors (Lipinski definition) is 0. The van der Waals surface area contributed by atoms with Crippen LogP contribution in [-0.2, 0) is 0 Å². The molecule has 0 radical (unpaired) electrons. The molecule has 2 aliphatic rings. The van der Waals surface area contributed by atoms with Gasteiger partial charge in [-0.2, -0.15) is 0 Å². The molecule has 9 rings (SSSR count). The number of anilines is 2. The summed E-state index contributed by atoms with van der Waals surface area (Å²) in [6.45, 7) is 0.0161. The number of fused-ring (bicyclic) bond motifs is 7. The quantitative estimate of drug-likeness (QED) is 0.210. The monoisotopic (exact) mass is 526 g/mol. The summed E-state index contributed by atoms with van der Waals surface area (Å²) in [6, 6.07) is 51.1. The Morgan fingerprint density at radius 2 is 1.18 bits per heavy atom. The van der Waals surface area contributed by atoms with Gasteiger partial charge in [-0.3, -0.25) is 0 Å². The highest BCUT2D eigenvalue weighted by molar-refractivity contribution is 7.99. The minimum absolute atomic E-state index is 0.0161. The summed E-state index contributed by atoms with van der Waals surface area (Å²) in [7, 11) is 0. The third-order valence-electron chi connectivity index (χ3n) is 8.42. The summed E-state index contributed by atoms with van der Waals surface area (Å²) < 4.78 is 2.49. The Bertz CT molecular complexity index is 2110. The Labute approximate surface area is 237 Å². The molecular weight excluding hydrogens is 503 g/mol. The van der Waals surface area contributed by atoms with Crippen LogP contribution < -0.4 is 15.7 Å². The Morgan fingerprint density at radius 1 is 0.500 bits per heavy atom. The van der Waals surface area contributed by atoms with Gasteiger partial charge in [0.2, 0.25) is 0 Å². The van der Waals surface area contributed by atoms with Crippen LogP contribution in [0.3, 0.4) is 0 Å². The molecule has 0 spiro atoms. The molecule has 186 valence electrons. The van der Waals surface area contributed by atoms with E-state index < -0.39 is 0 Å². The van der Waals surface area contributed by atoms with E-state index in [1.165, 1.54) is 70.7 Å². The lowest BCUT2D eigenvalue weighted by Crippen LogP contribution is -2.58. The molecular formula is C36H23BN2S. The fraction of sp³-hybridized carbons (Fsp3) is 0. The number of aromatic nitrogens is 1. The van der Waals surface area contributed by atoms with E-state index in [0.29, 0.717) is 0 Å². The molecule has 0 amide bonds. The summed E-state index contributed by atoms with van der Waals surface area (Å²) in [6.07, 6.45) is 0. The van der Waals surface area contributed by atoms with Crippen molar-refractivity contribution in [2.24, 2.45) is 0 Å². The molecule has 0 atom stereocenters. The predicted octanol–water partition coefficient (Wildman–Crippen LogP) is 8.17. The lowest BCUT2D eigenvalue weighted by molar-refractivity contribution is 1.17. The third kappa shape index (κ3) is 2.97. The molecule has 2 aliphatic heterocycles. The van der Waals surface area contributed by atoms with Crippen LogP contribution >= 0.6 is 11.8 Å². The normalized spacial score (nSPS) is 13.3. The number of para-hydroxylation sites is 5. The van der Waals surface area contributed by atoms with Gasteiger partial charge in [0.15, 0.2) is 0 Å². The van der Waals surface area contributed by atoms with Crippen LogP contribution in [0.4, 0.5) is 11.4 Å². The molecule has 0 fully saturated rings. The van der Waals surface area contributed by atoms with Gasteiger partial charge in [0, 0.05) is 37.5 Å². The molecule has 2 nitrogen and oxygen atoms in total. The zero-order chi connectivity index (χ0) is 26.2.